The number of hydrazone groups is 1. The summed E-state index contributed by atoms with van der Waals surface area (Å²) >= 11 is 0. The summed E-state index contributed by atoms with van der Waals surface area (Å²) in [6.07, 6.45) is 1.41. The summed E-state index contributed by atoms with van der Waals surface area (Å²) in [4.78, 5) is 23.4. The van der Waals surface area contributed by atoms with Gasteiger partial charge in [-0.05, 0) is 46.7 Å². The van der Waals surface area contributed by atoms with E-state index in [2.05, 4.69) is 10.5 Å². The molecular weight excluding hydrogens is 360 g/mol. The second-order valence-electron chi connectivity index (χ2n) is 5.92. The van der Waals surface area contributed by atoms with E-state index < -0.39 is 11.9 Å². The monoisotopic (exact) mass is 378 g/mol. The molecule has 7 nitrogen and oxygen atoms in total. The fourth-order valence-electron chi connectivity index (χ4n) is 2.64. The Morgan fingerprint density at radius 3 is 2.43 bits per heavy atom. The van der Waals surface area contributed by atoms with Gasteiger partial charge < -0.3 is 14.6 Å². The lowest BCUT2D eigenvalue weighted by atomic mass is 10.1. The molecule has 2 N–H and O–H groups in total. The molecule has 7 heteroatoms. The van der Waals surface area contributed by atoms with Crippen molar-refractivity contribution in [1.82, 2.24) is 5.43 Å². The first kappa shape index (κ1) is 18.9. The lowest BCUT2D eigenvalue weighted by Crippen LogP contribution is -2.17. The molecule has 0 atom stereocenters. The van der Waals surface area contributed by atoms with Gasteiger partial charge in [0.1, 0.15) is 5.75 Å². The number of carbonyl (C=O) groups excluding carboxylic acids is 2. The molecule has 0 aliphatic carbocycles. The van der Waals surface area contributed by atoms with Gasteiger partial charge in [0.25, 0.3) is 5.91 Å². The number of aromatic hydroxyl groups is 1. The molecule has 28 heavy (non-hydrogen) atoms. The van der Waals surface area contributed by atoms with E-state index in [4.69, 9.17) is 9.47 Å². The van der Waals surface area contributed by atoms with E-state index in [1.807, 2.05) is 24.3 Å². The number of phenols is 1. The zero-order chi connectivity index (χ0) is 20.1. The number of rotatable bonds is 5. The van der Waals surface area contributed by atoms with Gasteiger partial charge in [-0.1, -0.05) is 24.3 Å². The first-order valence-electron chi connectivity index (χ1n) is 8.39. The largest absolute Gasteiger partial charge is 0.507 e. The molecule has 0 spiro atoms. The van der Waals surface area contributed by atoms with E-state index in [0.717, 1.165) is 10.8 Å². The average molecular weight is 378 g/mol. The molecule has 3 aromatic rings. The number of benzene rings is 3. The first-order chi connectivity index (χ1) is 13.5. The molecule has 1 amide bonds. The highest BCUT2D eigenvalue weighted by molar-refractivity contribution is 6.01. The van der Waals surface area contributed by atoms with Gasteiger partial charge in [0.15, 0.2) is 11.5 Å². The Hall–Kier alpha value is -3.87. The zero-order valence-electron chi connectivity index (χ0n) is 15.3. The number of hydrogen-bond donors (Lipinski definition) is 2. The molecule has 0 aliphatic heterocycles. The van der Waals surface area contributed by atoms with Gasteiger partial charge in [-0.2, -0.15) is 5.10 Å². The molecule has 0 saturated heterocycles. The smallest absolute Gasteiger partial charge is 0.308 e. The Morgan fingerprint density at radius 2 is 1.75 bits per heavy atom. The molecule has 0 unspecified atom stereocenters. The molecule has 0 aliphatic rings. The Kier molecular flexibility index (Phi) is 5.55. The van der Waals surface area contributed by atoms with Crippen molar-refractivity contribution in [2.75, 3.05) is 7.11 Å². The van der Waals surface area contributed by atoms with Crippen LogP contribution in [0, 0.1) is 0 Å². The summed E-state index contributed by atoms with van der Waals surface area (Å²) in [6, 6.07) is 15.4. The minimum atomic E-state index is -0.539. The number of hydrogen-bond acceptors (Lipinski definition) is 6. The Balaban J connectivity index is 1.75. The number of nitrogens with zero attached hydrogens (tertiary/aromatic N) is 1. The normalized spacial score (nSPS) is 10.8. The number of fused-ring (bicyclic) bond motifs is 1. The number of esters is 1. The third kappa shape index (κ3) is 4.27. The average Bonchev–Trinajstić information content (AvgIpc) is 2.68. The zero-order valence-corrected chi connectivity index (χ0v) is 15.3. The minimum absolute atomic E-state index is 0.124. The molecule has 0 saturated carbocycles. The Labute approximate surface area is 161 Å². The van der Waals surface area contributed by atoms with Gasteiger partial charge >= 0.3 is 5.97 Å². The fraction of sp³-hybridized carbons (Fsp3) is 0.0952. The van der Waals surface area contributed by atoms with Crippen LogP contribution < -0.4 is 14.9 Å². The summed E-state index contributed by atoms with van der Waals surface area (Å²) in [6.45, 7) is 1.30. The summed E-state index contributed by atoms with van der Waals surface area (Å²) in [7, 11) is 1.45. The van der Waals surface area contributed by atoms with Crippen molar-refractivity contribution in [2.45, 2.75) is 6.92 Å². The van der Waals surface area contributed by atoms with Crippen molar-refractivity contribution in [3.05, 3.63) is 65.7 Å². The standard InChI is InChI=1S/C21H18N2O5/c1-13(24)28-19-8-7-14(9-20(19)27-2)12-22-23-21(26)17-10-15-5-3-4-6-16(15)11-18(17)25/h3-12,25H,1-2H3,(H,23,26)/b22-12+. The topological polar surface area (TPSA) is 97.2 Å². The van der Waals surface area contributed by atoms with Crippen LogP contribution in [0.2, 0.25) is 0 Å². The molecule has 0 bridgehead atoms. The van der Waals surface area contributed by atoms with E-state index in [1.54, 1.807) is 24.3 Å². The number of phenolic OH excluding ortho intramolecular Hbond substituents is 1. The highest BCUT2D eigenvalue weighted by Crippen LogP contribution is 2.28. The molecule has 3 aromatic carbocycles. The van der Waals surface area contributed by atoms with E-state index in [0.29, 0.717) is 11.3 Å². The fourth-order valence-corrected chi connectivity index (χ4v) is 2.64. The van der Waals surface area contributed by atoms with Crippen LogP contribution >= 0.6 is 0 Å². The van der Waals surface area contributed by atoms with E-state index >= 15 is 0 Å². The SMILES string of the molecule is COc1cc(/C=N/NC(=O)c2cc3ccccc3cc2O)ccc1OC(C)=O. The van der Waals surface area contributed by atoms with Crippen molar-refractivity contribution in [2.24, 2.45) is 5.10 Å². The maximum absolute atomic E-state index is 12.3. The highest BCUT2D eigenvalue weighted by atomic mass is 16.6. The Bertz CT molecular complexity index is 1080. The predicted molar refractivity (Wildman–Crippen MR) is 105 cm³/mol. The van der Waals surface area contributed by atoms with Crippen LogP contribution in [0.1, 0.15) is 22.8 Å². The van der Waals surface area contributed by atoms with E-state index in [1.165, 1.54) is 26.3 Å². The van der Waals surface area contributed by atoms with Crippen LogP contribution in [0.15, 0.2) is 59.7 Å². The molecule has 0 aromatic heterocycles. The van der Waals surface area contributed by atoms with E-state index in [-0.39, 0.29) is 17.1 Å². The van der Waals surface area contributed by atoms with Crippen LogP contribution in [0.3, 0.4) is 0 Å². The minimum Gasteiger partial charge on any atom is -0.507 e. The third-order valence-electron chi connectivity index (χ3n) is 3.93. The van der Waals surface area contributed by atoms with Crippen LogP contribution in [0.5, 0.6) is 17.2 Å². The van der Waals surface area contributed by atoms with Crippen molar-refractivity contribution in [3.8, 4) is 17.2 Å². The van der Waals surface area contributed by atoms with Crippen molar-refractivity contribution in [1.29, 1.82) is 0 Å². The maximum atomic E-state index is 12.3. The number of methoxy groups -OCH3 is 1. The number of ether oxygens (including phenoxy) is 2. The molecule has 3 rings (SSSR count). The molecule has 0 radical (unpaired) electrons. The van der Waals surface area contributed by atoms with Crippen LogP contribution in [0.4, 0.5) is 0 Å². The summed E-state index contributed by atoms with van der Waals surface area (Å²) < 4.78 is 10.2. The van der Waals surface area contributed by atoms with Gasteiger partial charge in [-0.25, -0.2) is 5.43 Å². The lowest BCUT2D eigenvalue weighted by molar-refractivity contribution is -0.132. The van der Waals surface area contributed by atoms with Crippen molar-refractivity contribution < 1.29 is 24.2 Å². The number of nitrogens with one attached hydrogen (secondary N) is 1. The molecular formula is C21H18N2O5. The lowest BCUT2D eigenvalue weighted by Gasteiger charge is -2.08. The van der Waals surface area contributed by atoms with Crippen LogP contribution in [-0.4, -0.2) is 30.3 Å². The molecule has 142 valence electrons. The van der Waals surface area contributed by atoms with Gasteiger partial charge in [-0.15, -0.1) is 0 Å². The summed E-state index contributed by atoms with van der Waals surface area (Å²) in [5.74, 6) is -0.473. The Morgan fingerprint density at radius 1 is 1.04 bits per heavy atom. The number of amides is 1. The first-order valence-corrected chi connectivity index (χ1v) is 8.39. The highest BCUT2D eigenvalue weighted by Gasteiger charge is 2.12. The van der Waals surface area contributed by atoms with Gasteiger partial charge in [0.2, 0.25) is 0 Å². The van der Waals surface area contributed by atoms with Crippen LogP contribution in [-0.2, 0) is 4.79 Å². The predicted octanol–water partition coefficient (Wildman–Crippen LogP) is 3.24. The second-order valence-corrected chi connectivity index (χ2v) is 5.92. The quantitative estimate of drug-likeness (QED) is 0.307. The second kappa shape index (κ2) is 8.22. The van der Waals surface area contributed by atoms with Crippen molar-refractivity contribution in [3.63, 3.8) is 0 Å². The van der Waals surface area contributed by atoms with E-state index in [9.17, 15) is 14.7 Å². The third-order valence-corrected chi connectivity index (χ3v) is 3.93. The molecule has 0 heterocycles. The number of carbonyl (C=O) groups is 2. The van der Waals surface area contributed by atoms with Gasteiger partial charge in [0, 0.05) is 6.92 Å². The van der Waals surface area contributed by atoms with Crippen molar-refractivity contribution >= 4 is 28.9 Å². The summed E-state index contributed by atoms with van der Waals surface area (Å²) in [5.41, 5.74) is 3.13. The van der Waals surface area contributed by atoms with Gasteiger partial charge in [0.05, 0.1) is 18.9 Å². The maximum Gasteiger partial charge on any atom is 0.308 e. The van der Waals surface area contributed by atoms with Gasteiger partial charge in [-0.3, -0.25) is 9.59 Å². The summed E-state index contributed by atoms with van der Waals surface area (Å²) in [5, 5.41) is 15.7. The van der Waals surface area contributed by atoms with Crippen LogP contribution in [0.25, 0.3) is 10.8 Å². The molecule has 0 fully saturated rings.